The molecule has 0 bridgehead atoms. The number of primary sulfonamides is 1. The van der Waals surface area contributed by atoms with Crippen LogP contribution in [0.5, 0.6) is 0 Å². The summed E-state index contributed by atoms with van der Waals surface area (Å²) in [5.74, 6) is 0. The second-order valence-electron chi connectivity index (χ2n) is 7.78. The van der Waals surface area contributed by atoms with Gasteiger partial charge >= 0.3 is 0 Å². The molecular formula is C25H23F2N3O2S. The number of nitrogens with zero attached hydrogens (tertiary/aromatic N) is 2. The molecule has 0 saturated heterocycles. The fraction of sp³-hybridized carbons (Fsp3) is 0.160. The lowest BCUT2D eigenvalue weighted by atomic mass is 9.98. The SMILES string of the molecule is Cc1ccc(-c2c(-c3ccccc3S(N)(=O)=O)nn(CCc3ccccc3)c2C(F)F)cc1. The Bertz CT molecular complexity index is 1370. The fourth-order valence-corrected chi connectivity index (χ4v) is 4.59. The normalized spacial score (nSPS) is 11.8. The number of hydrogen-bond donors (Lipinski definition) is 1. The van der Waals surface area contributed by atoms with E-state index in [0.29, 0.717) is 12.0 Å². The molecule has 1 aromatic heterocycles. The molecule has 8 heteroatoms. The number of nitrogens with two attached hydrogens (primary N) is 1. The summed E-state index contributed by atoms with van der Waals surface area (Å²) in [5, 5.41) is 9.94. The van der Waals surface area contributed by atoms with Crippen molar-refractivity contribution in [2.45, 2.75) is 31.2 Å². The predicted molar refractivity (Wildman–Crippen MR) is 124 cm³/mol. The monoisotopic (exact) mass is 467 g/mol. The highest BCUT2D eigenvalue weighted by Gasteiger charge is 2.29. The maximum Gasteiger partial charge on any atom is 0.280 e. The van der Waals surface area contributed by atoms with E-state index in [-0.39, 0.29) is 34.0 Å². The van der Waals surface area contributed by atoms with Gasteiger partial charge < -0.3 is 0 Å². The third kappa shape index (κ3) is 4.86. The molecule has 0 unspecified atom stereocenters. The van der Waals surface area contributed by atoms with Gasteiger partial charge in [-0.1, -0.05) is 78.4 Å². The van der Waals surface area contributed by atoms with Crippen LogP contribution in [0.3, 0.4) is 0 Å². The number of rotatable bonds is 7. The molecule has 0 aliphatic carbocycles. The average Bonchev–Trinajstić information content (AvgIpc) is 3.18. The van der Waals surface area contributed by atoms with E-state index in [9.17, 15) is 17.2 Å². The molecule has 0 fully saturated rings. The van der Waals surface area contributed by atoms with Crippen molar-refractivity contribution >= 4 is 10.0 Å². The Kier molecular flexibility index (Phi) is 6.40. The van der Waals surface area contributed by atoms with Crippen molar-refractivity contribution in [3.8, 4) is 22.4 Å². The lowest BCUT2D eigenvalue weighted by Crippen LogP contribution is -2.13. The van der Waals surface area contributed by atoms with Gasteiger partial charge in [0.2, 0.25) is 10.0 Å². The van der Waals surface area contributed by atoms with E-state index < -0.39 is 16.4 Å². The maximum absolute atomic E-state index is 14.4. The number of aryl methyl sites for hydroxylation is 3. The Balaban J connectivity index is 1.95. The molecule has 3 aromatic carbocycles. The second kappa shape index (κ2) is 9.25. The number of sulfonamides is 1. The third-order valence-electron chi connectivity index (χ3n) is 5.44. The molecular weight excluding hydrogens is 444 g/mol. The van der Waals surface area contributed by atoms with E-state index in [1.807, 2.05) is 49.4 Å². The molecule has 0 radical (unpaired) electrons. The number of benzene rings is 3. The summed E-state index contributed by atoms with van der Waals surface area (Å²) in [4.78, 5) is -0.160. The second-order valence-corrected chi connectivity index (χ2v) is 9.31. The van der Waals surface area contributed by atoms with E-state index in [0.717, 1.165) is 11.1 Å². The van der Waals surface area contributed by atoms with Crippen molar-refractivity contribution in [1.82, 2.24) is 9.78 Å². The van der Waals surface area contributed by atoms with Crippen LogP contribution in [0.4, 0.5) is 8.78 Å². The van der Waals surface area contributed by atoms with E-state index >= 15 is 0 Å². The van der Waals surface area contributed by atoms with Crippen LogP contribution in [0, 0.1) is 6.92 Å². The van der Waals surface area contributed by atoms with Gasteiger partial charge in [-0.25, -0.2) is 22.3 Å². The molecule has 5 nitrogen and oxygen atoms in total. The van der Waals surface area contributed by atoms with Gasteiger partial charge in [0.15, 0.2) is 0 Å². The first kappa shape index (κ1) is 22.8. The molecule has 33 heavy (non-hydrogen) atoms. The zero-order chi connectivity index (χ0) is 23.6. The molecule has 4 aromatic rings. The third-order valence-corrected chi connectivity index (χ3v) is 6.41. The molecule has 0 atom stereocenters. The predicted octanol–water partition coefficient (Wildman–Crippen LogP) is 5.35. The molecule has 0 spiro atoms. The number of halogens is 2. The lowest BCUT2D eigenvalue weighted by molar-refractivity contribution is 0.139. The van der Waals surface area contributed by atoms with Gasteiger partial charge in [-0.05, 0) is 30.5 Å². The highest BCUT2D eigenvalue weighted by Crippen LogP contribution is 2.41. The van der Waals surface area contributed by atoms with Crippen molar-refractivity contribution in [2.75, 3.05) is 0 Å². The van der Waals surface area contributed by atoms with Gasteiger partial charge in [0.05, 0.1) is 4.90 Å². The van der Waals surface area contributed by atoms with Gasteiger partial charge in [0.25, 0.3) is 6.43 Å². The van der Waals surface area contributed by atoms with Gasteiger partial charge in [-0.15, -0.1) is 0 Å². The maximum atomic E-state index is 14.4. The van der Waals surface area contributed by atoms with E-state index in [1.165, 1.54) is 22.9 Å². The molecule has 4 rings (SSSR count). The van der Waals surface area contributed by atoms with Gasteiger partial charge in [-0.3, -0.25) is 4.68 Å². The summed E-state index contributed by atoms with van der Waals surface area (Å²) in [6.07, 6.45) is -2.33. The minimum Gasteiger partial charge on any atom is -0.262 e. The molecule has 0 saturated carbocycles. The molecule has 170 valence electrons. The smallest absolute Gasteiger partial charge is 0.262 e. The average molecular weight is 468 g/mol. The van der Waals surface area contributed by atoms with Crippen LogP contribution in [0.15, 0.2) is 83.8 Å². The summed E-state index contributed by atoms with van der Waals surface area (Å²) in [5.41, 5.74) is 2.78. The number of alkyl halides is 2. The summed E-state index contributed by atoms with van der Waals surface area (Å²) in [6.45, 7) is 2.11. The highest BCUT2D eigenvalue weighted by molar-refractivity contribution is 7.89. The Hall–Kier alpha value is -3.36. The first-order chi connectivity index (χ1) is 15.8. The van der Waals surface area contributed by atoms with Gasteiger partial charge in [0, 0.05) is 17.7 Å². The minimum atomic E-state index is -4.10. The Morgan fingerprint density at radius 3 is 2.21 bits per heavy atom. The standard InChI is InChI=1S/C25H23F2N3O2S/c1-17-11-13-19(14-12-17)22-23(20-9-5-6-10-21(20)33(28,31)32)29-30(24(22)25(26)27)16-15-18-7-3-2-4-8-18/h2-14,25H,15-16H2,1H3,(H2,28,31,32). The topological polar surface area (TPSA) is 78.0 Å². The molecule has 2 N–H and O–H groups in total. The highest BCUT2D eigenvalue weighted by atomic mass is 32.2. The molecule has 0 aliphatic rings. The van der Waals surface area contributed by atoms with Crippen LogP contribution < -0.4 is 5.14 Å². The summed E-state index contributed by atoms with van der Waals surface area (Å²) >= 11 is 0. The van der Waals surface area contributed by atoms with Crippen LogP contribution >= 0.6 is 0 Å². The van der Waals surface area contributed by atoms with Crippen LogP contribution in [-0.2, 0) is 23.0 Å². The van der Waals surface area contributed by atoms with Crippen LogP contribution in [0.25, 0.3) is 22.4 Å². The summed E-state index contributed by atoms with van der Waals surface area (Å²) in [6, 6.07) is 22.7. The van der Waals surface area contributed by atoms with E-state index in [2.05, 4.69) is 5.10 Å². The molecule has 0 aliphatic heterocycles. The Labute approximate surface area is 191 Å². The fourth-order valence-electron chi connectivity index (χ4n) is 3.85. The van der Waals surface area contributed by atoms with Gasteiger partial charge in [-0.2, -0.15) is 5.10 Å². The minimum absolute atomic E-state index is 0.159. The molecule has 0 amide bonds. The first-order valence-electron chi connectivity index (χ1n) is 10.4. The Morgan fingerprint density at radius 1 is 0.939 bits per heavy atom. The van der Waals surface area contributed by atoms with Crippen molar-refractivity contribution in [3.05, 3.63) is 95.7 Å². The van der Waals surface area contributed by atoms with E-state index in [4.69, 9.17) is 5.14 Å². The van der Waals surface area contributed by atoms with Crippen LogP contribution in [0.1, 0.15) is 23.2 Å². The zero-order valence-corrected chi connectivity index (χ0v) is 18.8. The lowest BCUT2D eigenvalue weighted by Gasteiger charge is -2.11. The first-order valence-corrected chi connectivity index (χ1v) is 11.9. The zero-order valence-electron chi connectivity index (χ0n) is 17.9. The van der Waals surface area contributed by atoms with Crippen LogP contribution in [0.2, 0.25) is 0 Å². The summed E-state index contributed by atoms with van der Waals surface area (Å²) < 4.78 is 54.7. The van der Waals surface area contributed by atoms with Crippen molar-refractivity contribution in [2.24, 2.45) is 5.14 Å². The Morgan fingerprint density at radius 2 is 1.58 bits per heavy atom. The quantitative estimate of drug-likeness (QED) is 0.398. The van der Waals surface area contributed by atoms with Crippen molar-refractivity contribution < 1.29 is 17.2 Å². The molecule has 1 heterocycles. The largest absolute Gasteiger partial charge is 0.280 e. The van der Waals surface area contributed by atoms with Crippen molar-refractivity contribution in [1.29, 1.82) is 0 Å². The van der Waals surface area contributed by atoms with Crippen molar-refractivity contribution in [3.63, 3.8) is 0 Å². The van der Waals surface area contributed by atoms with Crippen LogP contribution in [-0.4, -0.2) is 18.2 Å². The summed E-state index contributed by atoms with van der Waals surface area (Å²) in [7, 11) is -4.10. The number of hydrogen-bond acceptors (Lipinski definition) is 3. The van der Waals surface area contributed by atoms with Gasteiger partial charge in [0.1, 0.15) is 11.4 Å². The number of aromatic nitrogens is 2. The van der Waals surface area contributed by atoms with E-state index in [1.54, 1.807) is 18.2 Å².